The van der Waals surface area contributed by atoms with Gasteiger partial charge in [-0.05, 0) is 25.1 Å². The third-order valence-corrected chi connectivity index (χ3v) is 4.02. The molecule has 2 heterocycles. The van der Waals surface area contributed by atoms with Crippen molar-refractivity contribution in [3.63, 3.8) is 0 Å². The number of furan rings is 1. The van der Waals surface area contributed by atoms with Crippen LogP contribution < -0.4 is 4.74 Å². The van der Waals surface area contributed by atoms with E-state index in [1.807, 2.05) is 0 Å². The average Bonchev–Trinajstić information content (AvgIpc) is 3.15. The lowest BCUT2D eigenvalue weighted by atomic mass is 10.0. The van der Waals surface area contributed by atoms with E-state index in [9.17, 15) is 14.4 Å². The van der Waals surface area contributed by atoms with Crippen molar-refractivity contribution in [3.8, 4) is 5.75 Å². The molecule has 28 heavy (non-hydrogen) atoms. The molecular weight excluding hydrogens is 370 g/mol. The second-order valence-corrected chi connectivity index (χ2v) is 5.59. The lowest BCUT2D eigenvalue weighted by Crippen LogP contribution is -2.10. The smallest absolute Gasteiger partial charge is 0.374 e. The van der Waals surface area contributed by atoms with Gasteiger partial charge in [-0.2, -0.15) is 0 Å². The van der Waals surface area contributed by atoms with Gasteiger partial charge in [0.25, 0.3) is 0 Å². The highest BCUT2D eigenvalue weighted by Gasteiger charge is 2.25. The highest BCUT2D eigenvalue weighted by Crippen LogP contribution is 2.37. The molecule has 0 bridgehead atoms. The first kappa shape index (κ1) is 19.2. The summed E-state index contributed by atoms with van der Waals surface area (Å²) in [7, 11) is 3.82. The van der Waals surface area contributed by atoms with Crippen LogP contribution in [0.15, 0.2) is 22.6 Å². The molecule has 0 spiro atoms. The van der Waals surface area contributed by atoms with E-state index >= 15 is 0 Å². The molecule has 9 nitrogen and oxygen atoms in total. The van der Waals surface area contributed by atoms with Gasteiger partial charge in [-0.3, -0.25) is 0 Å². The zero-order chi connectivity index (χ0) is 20.4. The van der Waals surface area contributed by atoms with Crippen LogP contribution in [-0.2, 0) is 14.2 Å². The second kappa shape index (κ2) is 7.55. The monoisotopic (exact) mass is 387 g/mol. The fourth-order valence-corrected chi connectivity index (χ4v) is 2.81. The number of methoxy groups -OCH3 is 3. The van der Waals surface area contributed by atoms with E-state index in [1.54, 1.807) is 13.0 Å². The van der Waals surface area contributed by atoms with Gasteiger partial charge in [0.15, 0.2) is 0 Å². The molecule has 1 aromatic carbocycles. The topological polar surface area (TPSA) is 114 Å². The molecule has 0 atom stereocenters. The molecule has 0 saturated carbocycles. The number of ether oxygens (including phenoxy) is 4. The molecule has 0 aliphatic heterocycles. The molecule has 0 saturated heterocycles. The molecule has 3 aromatic rings. The van der Waals surface area contributed by atoms with E-state index in [4.69, 9.17) is 23.4 Å². The maximum absolute atomic E-state index is 12.4. The number of carbonyl (C=O) groups excluding carboxylic acids is 3. The minimum atomic E-state index is -0.735. The van der Waals surface area contributed by atoms with Crippen LogP contribution in [0.2, 0.25) is 0 Å². The van der Waals surface area contributed by atoms with Gasteiger partial charge < -0.3 is 23.4 Å². The van der Waals surface area contributed by atoms with Crippen LogP contribution in [0.1, 0.15) is 38.3 Å². The van der Waals surface area contributed by atoms with E-state index in [-0.39, 0.29) is 45.9 Å². The number of hydrogen-bond acceptors (Lipinski definition) is 9. The second-order valence-electron chi connectivity index (χ2n) is 5.59. The van der Waals surface area contributed by atoms with E-state index in [1.165, 1.54) is 33.5 Å². The first-order valence-corrected chi connectivity index (χ1v) is 8.24. The van der Waals surface area contributed by atoms with Crippen LogP contribution >= 0.6 is 0 Å². The van der Waals surface area contributed by atoms with Crippen LogP contribution in [0.3, 0.4) is 0 Å². The third-order valence-electron chi connectivity index (χ3n) is 4.02. The Balaban J connectivity index is 2.43. The van der Waals surface area contributed by atoms with Gasteiger partial charge >= 0.3 is 17.9 Å². The van der Waals surface area contributed by atoms with Crippen LogP contribution in [0.5, 0.6) is 5.75 Å². The van der Waals surface area contributed by atoms with Crippen LogP contribution in [-0.4, -0.2) is 50.8 Å². The largest absolute Gasteiger partial charge is 0.494 e. The SMILES string of the molecule is CCOC(=O)c1cc2cc(OC)c3nc(C(=O)OC)cc(C(=O)OC)c3c2o1. The molecule has 0 unspecified atom stereocenters. The summed E-state index contributed by atoms with van der Waals surface area (Å²) in [4.78, 5) is 40.7. The highest BCUT2D eigenvalue weighted by atomic mass is 16.5. The molecule has 0 fully saturated rings. The van der Waals surface area contributed by atoms with E-state index in [2.05, 4.69) is 4.98 Å². The zero-order valence-corrected chi connectivity index (χ0v) is 15.7. The Labute approximate surface area is 159 Å². The normalized spacial score (nSPS) is 10.7. The van der Waals surface area contributed by atoms with Crippen molar-refractivity contribution < 1.29 is 37.7 Å². The molecule has 0 aliphatic rings. The van der Waals surface area contributed by atoms with Crippen molar-refractivity contribution >= 4 is 39.8 Å². The van der Waals surface area contributed by atoms with Gasteiger partial charge in [-0.25, -0.2) is 19.4 Å². The Kier molecular flexibility index (Phi) is 5.16. The van der Waals surface area contributed by atoms with Gasteiger partial charge in [0, 0.05) is 5.39 Å². The number of rotatable bonds is 5. The maximum atomic E-state index is 12.4. The number of aromatic nitrogens is 1. The van der Waals surface area contributed by atoms with E-state index in [0.717, 1.165) is 0 Å². The van der Waals surface area contributed by atoms with Crippen molar-refractivity contribution in [2.45, 2.75) is 6.92 Å². The average molecular weight is 387 g/mol. The summed E-state index contributed by atoms with van der Waals surface area (Å²) >= 11 is 0. The first-order valence-electron chi connectivity index (χ1n) is 8.24. The summed E-state index contributed by atoms with van der Waals surface area (Å²) in [6.07, 6.45) is 0. The molecule has 2 aromatic heterocycles. The van der Waals surface area contributed by atoms with Crippen molar-refractivity contribution in [1.82, 2.24) is 4.98 Å². The number of esters is 3. The molecule has 0 amide bonds. The fourth-order valence-electron chi connectivity index (χ4n) is 2.81. The quantitative estimate of drug-likeness (QED) is 0.481. The van der Waals surface area contributed by atoms with Gasteiger partial charge in [0.05, 0.1) is 38.9 Å². The summed E-state index contributed by atoms with van der Waals surface area (Å²) in [6, 6.07) is 4.30. The van der Waals surface area contributed by atoms with Crippen LogP contribution in [0.4, 0.5) is 0 Å². The minimum absolute atomic E-state index is 0.0153. The lowest BCUT2D eigenvalue weighted by molar-refractivity contribution is 0.0491. The Hall–Kier alpha value is -3.62. The van der Waals surface area contributed by atoms with Crippen LogP contribution in [0.25, 0.3) is 21.9 Å². The summed E-state index contributed by atoms with van der Waals surface area (Å²) in [5.41, 5.74) is 0.304. The number of benzene rings is 1. The number of carbonyl (C=O) groups is 3. The summed E-state index contributed by atoms with van der Waals surface area (Å²) < 4.78 is 25.5. The van der Waals surface area contributed by atoms with Gasteiger partial charge in [0.2, 0.25) is 5.76 Å². The molecule has 0 aliphatic carbocycles. The lowest BCUT2D eigenvalue weighted by Gasteiger charge is -2.11. The fraction of sp³-hybridized carbons (Fsp3) is 0.263. The van der Waals surface area contributed by atoms with Crippen molar-refractivity contribution in [1.29, 1.82) is 0 Å². The maximum Gasteiger partial charge on any atom is 0.374 e. The molecule has 0 N–H and O–H groups in total. The minimum Gasteiger partial charge on any atom is -0.494 e. The first-order chi connectivity index (χ1) is 13.4. The van der Waals surface area contributed by atoms with Crippen molar-refractivity contribution in [3.05, 3.63) is 35.2 Å². The predicted molar refractivity (Wildman–Crippen MR) is 96.7 cm³/mol. The number of hydrogen-bond donors (Lipinski definition) is 0. The van der Waals surface area contributed by atoms with Crippen molar-refractivity contribution in [2.75, 3.05) is 27.9 Å². The molecule has 0 radical (unpaired) electrons. The Bertz CT molecular complexity index is 1100. The number of nitrogens with zero attached hydrogens (tertiary/aromatic N) is 1. The Morgan fingerprint density at radius 1 is 1.00 bits per heavy atom. The number of fused-ring (bicyclic) bond motifs is 3. The summed E-state index contributed by atoms with van der Waals surface area (Å²) in [5, 5.41) is 0.731. The Morgan fingerprint density at radius 3 is 2.32 bits per heavy atom. The zero-order valence-electron chi connectivity index (χ0n) is 15.7. The standard InChI is InChI=1S/C19H17NO8/c1-5-27-19(23)13-7-9-6-12(24-2)15-14(16(9)28-13)10(17(21)25-3)8-11(20-15)18(22)26-4/h6-8H,5H2,1-4H3. The van der Waals surface area contributed by atoms with Gasteiger partial charge in [-0.1, -0.05) is 0 Å². The van der Waals surface area contributed by atoms with Gasteiger partial charge in [-0.15, -0.1) is 0 Å². The molecular formula is C19H17NO8. The van der Waals surface area contributed by atoms with Crippen molar-refractivity contribution in [2.24, 2.45) is 0 Å². The Morgan fingerprint density at radius 2 is 1.71 bits per heavy atom. The summed E-state index contributed by atoms with van der Waals surface area (Å²) in [6.45, 7) is 1.85. The number of pyridine rings is 1. The van der Waals surface area contributed by atoms with Gasteiger partial charge in [0.1, 0.15) is 22.5 Å². The van der Waals surface area contributed by atoms with Crippen LogP contribution in [0, 0.1) is 0 Å². The highest BCUT2D eigenvalue weighted by molar-refractivity contribution is 6.17. The third kappa shape index (κ3) is 3.11. The van der Waals surface area contributed by atoms with E-state index in [0.29, 0.717) is 5.39 Å². The predicted octanol–water partition coefficient (Wildman–Crippen LogP) is 2.74. The summed E-state index contributed by atoms with van der Waals surface area (Å²) in [5.74, 6) is -1.87. The van der Waals surface area contributed by atoms with E-state index < -0.39 is 17.9 Å². The molecule has 3 rings (SSSR count). The molecule has 9 heteroatoms. The molecule has 146 valence electrons.